The van der Waals surface area contributed by atoms with Crippen LogP contribution in [-0.2, 0) is 0 Å². The van der Waals surface area contributed by atoms with Gasteiger partial charge in [-0.25, -0.2) is 4.98 Å². The molecule has 0 unspecified atom stereocenters. The van der Waals surface area contributed by atoms with Crippen LogP contribution in [-0.4, -0.2) is 29.5 Å². The zero-order chi connectivity index (χ0) is 25.5. The summed E-state index contributed by atoms with van der Waals surface area (Å²) in [4.78, 5) is 29.0. The van der Waals surface area contributed by atoms with Crippen molar-refractivity contribution in [1.82, 2.24) is 4.98 Å². The summed E-state index contributed by atoms with van der Waals surface area (Å²) in [7, 11) is 1.59. The SMILES string of the molecule is CCCCOc1ccc(C(=O)Nc2nc(-c3ccc(OC)cc3)c(-c3ccc([N+](=O)[O-])cc3)s2)cc1. The lowest BCUT2D eigenvalue weighted by Gasteiger charge is -2.06. The van der Waals surface area contributed by atoms with Gasteiger partial charge in [-0.05, 0) is 72.6 Å². The number of carbonyl (C=O) groups excluding carboxylic acids is 1. The minimum absolute atomic E-state index is 0.00455. The largest absolute Gasteiger partial charge is 0.497 e. The Morgan fingerprint density at radius 3 is 2.22 bits per heavy atom. The highest BCUT2D eigenvalue weighted by Crippen LogP contribution is 2.40. The summed E-state index contributed by atoms with van der Waals surface area (Å²) in [5, 5.41) is 14.4. The number of carbonyl (C=O) groups is 1. The summed E-state index contributed by atoms with van der Waals surface area (Å²) in [6.07, 6.45) is 2.02. The molecule has 1 amide bonds. The summed E-state index contributed by atoms with van der Waals surface area (Å²) in [6, 6.07) is 20.7. The van der Waals surface area contributed by atoms with E-state index in [4.69, 9.17) is 9.47 Å². The maximum atomic E-state index is 12.9. The van der Waals surface area contributed by atoms with Gasteiger partial charge < -0.3 is 9.47 Å². The Bertz CT molecular complexity index is 1330. The third-order valence-electron chi connectivity index (χ3n) is 5.43. The molecular weight excluding hydrogens is 478 g/mol. The first-order chi connectivity index (χ1) is 17.5. The number of hydrogen-bond acceptors (Lipinski definition) is 7. The second-order valence-electron chi connectivity index (χ2n) is 7.91. The summed E-state index contributed by atoms with van der Waals surface area (Å²) in [6.45, 7) is 2.74. The van der Waals surface area contributed by atoms with Crippen molar-refractivity contribution in [3.8, 4) is 33.2 Å². The standard InChI is InChI=1S/C27H25N3O5S/c1-3-4-17-35-23-15-9-20(10-16-23)26(31)29-27-28-24(18-7-13-22(34-2)14-8-18)25(36-27)19-5-11-21(12-6-19)30(32)33/h5-16H,3-4,17H2,1-2H3,(H,28,29,31). The van der Waals surface area contributed by atoms with Crippen molar-refractivity contribution in [3.63, 3.8) is 0 Å². The van der Waals surface area contributed by atoms with Gasteiger partial charge in [0.1, 0.15) is 11.5 Å². The van der Waals surface area contributed by atoms with E-state index < -0.39 is 4.92 Å². The van der Waals surface area contributed by atoms with Gasteiger partial charge >= 0.3 is 0 Å². The van der Waals surface area contributed by atoms with Crippen molar-refractivity contribution < 1.29 is 19.2 Å². The molecule has 3 aromatic carbocycles. The predicted molar refractivity (Wildman–Crippen MR) is 141 cm³/mol. The highest BCUT2D eigenvalue weighted by molar-refractivity contribution is 7.19. The molecule has 8 nitrogen and oxygen atoms in total. The molecule has 0 spiro atoms. The number of ether oxygens (including phenoxy) is 2. The average molecular weight is 504 g/mol. The highest BCUT2D eigenvalue weighted by atomic mass is 32.1. The molecule has 0 saturated heterocycles. The number of unbranched alkanes of at least 4 members (excludes halogenated alkanes) is 1. The van der Waals surface area contributed by atoms with Crippen LogP contribution in [0.4, 0.5) is 10.8 Å². The van der Waals surface area contributed by atoms with Gasteiger partial charge in [0.25, 0.3) is 11.6 Å². The molecule has 9 heteroatoms. The molecule has 1 N–H and O–H groups in total. The number of rotatable bonds is 10. The van der Waals surface area contributed by atoms with Crippen LogP contribution < -0.4 is 14.8 Å². The van der Waals surface area contributed by atoms with Crippen molar-refractivity contribution in [3.05, 3.63) is 88.5 Å². The fourth-order valence-electron chi connectivity index (χ4n) is 3.45. The molecule has 36 heavy (non-hydrogen) atoms. The van der Waals surface area contributed by atoms with Crippen LogP contribution >= 0.6 is 11.3 Å². The molecule has 1 heterocycles. The van der Waals surface area contributed by atoms with E-state index in [0.29, 0.717) is 28.7 Å². The number of methoxy groups -OCH3 is 1. The van der Waals surface area contributed by atoms with Crippen molar-refractivity contribution >= 4 is 28.1 Å². The molecule has 0 bridgehead atoms. The Balaban J connectivity index is 1.61. The Kier molecular flexibility index (Phi) is 7.92. The first kappa shape index (κ1) is 24.9. The Hall–Kier alpha value is -4.24. The second kappa shape index (κ2) is 11.5. The lowest BCUT2D eigenvalue weighted by Crippen LogP contribution is -2.11. The third-order valence-corrected chi connectivity index (χ3v) is 6.45. The van der Waals surface area contributed by atoms with E-state index in [-0.39, 0.29) is 11.6 Å². The van der Waals surface area contributed by atoms with E-state index in [0.717, 1.165) is 34.6 Å². The minimum atomic E-state index is -0.438. The summed E-state index contributed by atoms with van der Waals surface area (Å²) in [5.74, 6) is 1.14. The normalized spacial score (nSPS) is 10.6. The number of nitrogens with zero attached hydrogens (tertiary/aromatic N) is 2. The summed E-state index contributed by atoms with van der Waals surface area (Å²) in [5.41, 5.74) is 2.74. The van der Waals surface area contributed by atoms with Crippen molar-refractivity contribution in [1.29, 1.82) is 0 Å². The van der Waals surface area contributed by atoms with Crippen molar-refractivity contribution in [2.75, 3.05) is 19.0 Å². The van der Waals surface area contributed by atoms with Crippen LogP contribution in [0.15, 0.2) is 72.8 Å². The zero-order valence-corrected chi connectivity index (χ0v) is 20.7. The molecule has 0 aliphatic rings. The van der Waals surface area contributed by atoms with Crippen molar-refractivity contribution in [2.45, 2.75) is 19.8 Å². The fraction of sp³-hybridized carbons (Fsp3) is 0.185. The lowest BCUT2D eigenvalue weighted by atomic mass is 10.1. The van der Waals surface area contributed by atoms with Crippen LogP contribution in [0.1, 0.15) is 30.1 Å². The number of aromatic nitrogens is 1. The smallest absolute Gasteiger partial charge is 0.269 e. The van der Waals surface area contributed by atoms with Gasteiger partial charge in [-0.3, -0.25) is 20.2 Å². The molecule has 0 radical (unpaired) electrons. The van der Waals surface area contributed by atoms with Gasteiger partial charge in [-0.2, -0.15) is 0 Å². The fourth-order valence-corrected chi connectivity index (χ4v) is 4.44. The van der Waals surface area contributed by atoms with E-state index in [1.165, 1.54) is 23.5 Å². The molecule has 0 saturated carbocycles. The Labute approximate surface area is 212 Å². The first-order valence-electron chi connectivity index (χ1n) is 11.4. The number of thiazole rings is 1. The monoisotopic (exact) mass is 503 g/mol. The molecule has 4 rings (SSSR count). The molecule has 4 aromatic rings. The van der Waals surface area contributed by atoms with Gasteiger partial charge in [-0.1, -0.05) is 24.7 Å². The van der Waals surface area contributed by atoms with E-state index in [2.05, 4.69) is 17.2 Å². The van der Waals surface area contributed by atoms with Crippen LogP contribution in [0.25, 0.3) is 21.7 Å². The van der Waals surface area contributed by atoms with Gasteiger partial charge in [0.05, 0.1) is 29.2 Å². The molecule has 0 aliphatic heterocycles. The third kappa shape index (κ3) is 5.87. The molecule has 184 valence electrons. The van der Waals surface area contributed by atoms with E-state index in [1.54, 1.807) is 43.5 Å². The van der Waals surface area contributed by atoms with Gasteiger partial charge in [0, 0.05) is 23.3 Å². The van der Waals surface area contributed by atoms with Crippen LogP contribution in [0.2, 0.25) is 0 Å². The number of nitro benzene ring substituents is 1. The number of amides is 1. The lowest BCUT2D eigenvalue weighted by molar-refractivity contribution is -0.384. The maximum absolute atomic E-state index is 12.9. The number of nitrogens with one attached hydrogen (secondary N) is 1. The molecule has 0 fully saturated rings. The number of anilines is 1. The van der Waals surface area contributed by atoms with Crippen LogP contribution in [0.3, 0.4) is 0 Å². The van der Waals surface area contributed by atoms with Gasteiger partial charge in [0.15, 0.2) is 5.13 Å². The maximum Gasteiger partial charge on any atom is 0.269 e. The van der Waals surface area contributed by atoms with E-state index in [9.17, 15) is 14.9 Å². The van der Waals surface area contributed by atoms with Crippen LogP contribution in [0, 0.1) is 10.1 Å². The summed E-state index contributed by atoms with van der Waals surface area (Å²) >= 11 is 1.30. The second-order valence-corrected chi connectivity index (χ2v) is 8.91. The van der Waals surface area contributed by atoms with Crippen molar-refractivity contribution in [2.24, 2.45) is 0 Å². The molecular formula is C27H25N3O5S. The number of non-ortho nitro benzene ring substituents is 1. The quantitative estimate of drug-likeness (QED) is 0.145. The Morgan fingerprint density at radius 2 is 1.61 bits per heavy atom. The van der Waals surface area contributed by atoms with Crippen LogP contribution in [0.5, 0.6) is 11.5 Å². The average Bonchev–Trinajstić information content (AvgIpc) is 3.33. The highest BCUT2D eigenvalue weighted by Gasteiger charge is 2.18. The molecule has 1 aromatic heterocycles. The minimum Gasteiger partial charge on any atom is -0.497 e. The topological polar surface area (TPSA) is 104 Å². The van der Waals surface area contributed by atoms with E-state index >= 15 is 0 Å². The molecule has 0 atom stereocenters. The predicted octanol–water partition coefficient (Wildman–Crippen LogP) is 6.83. The Morgan fingerprint density at radius 1 is 0.972 bits per heavy atom. The van der Waals surface area contributed by atoms with Gasteiger partial charge in [0.2, 0.25) is 0 Å². The number of hydrogen-bond donors (Lipinski definition) is 1. The molecule has 0 aliphatic carbocycles. The number of nitro groups is 1. The number of benzene rings is 3. The zero-order valence-electron chi connectivity index (χ0n) is 19.9. The van der Waals surface area contributed by atoms with Gasteiger partial charge in [-0.15, -0.1) is 0 Å². The summed E-state index contributed by atoms with van der Waals surface area (Å²) < 4.78 is 10.9. The first-order valence-corrected chi connectivity index (χ1v) is 12.2. The van der Waals surface area contributed by atoms with E-state index in [1.807, 2.05) is 24.3 Å².